The van der Waals surface area contributed by atoms with Gasteiger partial charge in [-0.2, -0.15) is 17.0 Å². The van der Waals surface area contributed by atoms with E-state index in [0.29, 0.717) is 26.1 Å². The Hall–Kier alpha value is -0.170. The van der Waals surface area contributed by atoms with Crippen LogP contribution in [-0.4, -0.2) is 55.4 Å². The fourth-order valence-electron chi connectivity index (χ4n) is 2.52. The van der Waals surface area contributed by atoms with E-state index in [2.05, 4.69) is 13.8 Å². The summed E-state index contributed by atoms with van der Waals surface area (Å²) in [6, 6.07) is 0. The molecule has 1 N–H and O–H groups in total. The summed E-state index contributed by atoms with van der Waals surface area (Å²) in [6.07, 6.45) is 3.48. The molecule has 0 aromatic carbocycles. The Morgan fingerprint density at radius 2 is 1.94 bits per heavy atom. The van der Waals surface area contributed by atoms with E-state index in [9.17, 15) is 8.42 Å². The van der Waals surface area contributed by atoms with Gasteiger partial charge in [0, 0.05) is 33.3 Å². The lowest BCUT2D eigenvalue weighted by atomic mass is 9.82. The topological polar surface area (TPSA) is 60.9 Å². The SMILES string of the molecule is CCC1(CC)CCN(S(=O)(=O)N(C)CCCO)C1. The fourth-order valence-corrected chi connectivity index (χ4v) is 4.04. The van der Waals surface area contributed by atoms with Crippen LogP contribution >= 0.6 is 0 Å². The maximum Gasteiger partial charge on any atom is 0.281 e. The lowest BCUT2D eigenvalue weighted by Crippen LogP contribution is -2.42. The summed E-state index contributed by atoms with van der Waals surface area (Å²) in [5.41, 5.74) is 0.158. The molecule has 0 amide bonds. The van der Waals surface area contributed by atoms with Crippen LogP contribution in [0.25, 0.3) is 0 Å². The van der Waals surface area contributed by atoms with E-state index in [4.69, 9.17) is 5.11 Å². The molecule has 0 aromatic rings. The first-order valence-corrected chi connectivity index (χ1v) is 8.14. The van der Waals surface area contributed by atoms with Gasteiger partial charge in [-0.05, 0) is 31.1 Å². The third kappa shape index (κ3) is 3.23. The van der Waals surface area contributed by atoms with Crippen LogP contribution in [0.5, 0.6) is 0 Å². The predicted molar refractivity (Wildman–Crippen MR) is 72.5 cm³/mol. The molecule has 1 fully saturated rings. The van der Waals surface area contributed by atoms with Gasteiger partial charge in [0.2, 0.25) is 0 Å². The second kappa shape index (κ2) is 6.32. The Morgan fingerprint density at radius 1 is 1.33 bits per heavy atom. The summed E-state index contributed by atoms with van der Waals surface area (Å²) < 4.78 is 27.6. The average molecular weight is 278 g/mol. The number of hydrogen-bond acceptors (Lipinski definition) is 3. The van der Waals surface area contributed by atoms with E-state index in [-0.39, 0.29) is 12.0 Å². The molecule has 1 saturated heterocycles. The van der Waals surface area contributed by atoms with E-state index in [0.717, 1.165) is 19.3 Å². The maximum atomic E-state index is 12.3. The van der Waals surface area contributed by atoms with E-state index >= 15 is 0 Å². The average Bonchev–Trinajstić information content (AvgIpc) is 2.81. The van der Waals surface area contributed by atoms with Crippen LogP contribution in [0.1, 0.15) is 39.5 Å². The van der Waals surface area contributed by atoms with Crippen molar-refractivity contribution in [3.8, 4) is 0 Å². The van der Waals surface area contributed by atoms with Crippen molar-refractivity contribution in [2.45, 2.75) is 39.5 Å². The second-order valence-corrected chi connectivity index (χ2v) is 7.23. The Balaban J connectivity index is 2.71. The molecule has 0 radical (unpaired) electrons. The number of nitrogens with zero attached hydrogens (tertiary/aromatic N) is 2. The zero-order chi connectivity index (χ0) is 13.8. The minimum Gasteiger partial charge on any atom is -0.396 e. The molecular formula is C12H26N2O3S. The number of aliphatic hydroxyl groups is 1. The van der Waals surface area contributed by atoms with Crippen molar-refractivity contribution in [2.75, 3.05) is 33.3 Å². The van der Waals surface area contributed by atoms with Crippen molar-refractivity contribution in [1.82, 2.24) is 8.61 Å². The van der Waals surface area contributed by atoms with Crippen LogP contribution in [0, 0.1) is 5.41 Å². The molecule has 0 atom stereocenters. The standard InChI is InChI=1S/C12H26N2O3S/c1-4-12(5-2)7-9-14(11-12)18(16,17)13(3)8-6-10-15/h15H,4-11H2,1-3H3. The largest absolute Gasteiger partial charge is 0.396 e. The molecule has 1 heterocycles. The molecule has 5 nitrogen and oxygen atoms in total. The molecule has 0 bridgehead atoms. The zero-order valence-corrected chi connectivity index (χ0v) is 12.5. The summed E-state index contributed by atoms with van der Waals surface area (Å²) in [5.74, 6) is 0. The Kier molecular flexibility index (Phi) is 5.58. The molecule has 108 valence electrons. The van der Waals surface area contributed by atoms with Gasteiger partial charge in [-0.15, -0.1) is 0 Å². The van der Waals surface area contributed by atoms with Gasteiger partial charge in [0.05, 0.1) is 0 Å². The summed E-state index contributed by atoms with van der Waals surface area (Å²) in [5, 5.41) is 8.77. The van der Waals surface area contributed by atoms with Crippen LogP contribution in [0.4, 0.5) is 0 Å². The Labute approximate surface area is 111 Å². The van der Waals surface area contributed by atoms with Crippen molar-refractivity contribution in [2.24, 2.45) is 5.41 Å². The van der Waals surface area contributed by atoms with Crippen molar-refractivity contribution in [3.63, 3.8) is 0 Å². The smallest absolute Gasteiger partial charge is 0.281 e. The highest BCUT2D eigenvalue weighted by Gasteiger charge is 2.41. The van der Waals surface area contributed by atoms with Gasteiger partial charge in [0.15, 0.2) is 0 Å². The highest BCUT2D eigenvalue weighted by atomic mass is 32.2. The fraction of sp³-hybridized carbons (Fsp3) is 1.00. The second-order valence-electron chi connectivity index (χ2n) is 5.20. The first-order valence-electron chi connectivity index (χ1n) is 6.74. The van der Waals surface area contributed by atoms with E-state index in [1.54, 1.807) is 11.4 Å². The first-order chi connectivity index (χ1) is 8.41. The third-order valence-corrected chi connectivity index (χ3v) is 6.19. The van der Waals surface area contributed by atoms with Gasteiger partial charge in [0.25, 0.3) is 10.2 Å². The van der Waals surface area contributed by atoms with Crippen molar-refractivity contribution >= 4 is 10.2 Å². The first kappa shape index (κ1) is 15.9. The highest BCUT2D eigenvalue weighted by Crippen LogP contribution is 2.38. The Morgan fingerprint density at radius 3 is 2.39 bits per heavy atom. The van der Waals surface area contributed by atoms with Gasteiger partial charge in [-0.1, -0.05) is 13.8 Å². The number of rotatable bonds is 7. The van der Waals surface area contributed by atoms with E-state index < -0.39 is 10.2 Å². The molecule has 1 rings (SSSR count). The van der Waals surface area contributed by atoms with E-state index in [1.165, 1.54) is 4.31 Å². The molecule has 0 aromatic heterocycles. The minimum absolute atomic E-state index is 0.0215. The van der Waals surface area contributed by atoms with Crippen LogP contribution in [0.15, 0.2) is 0 Å². The molecule has 18 heavy (non-hydrogen) atoms. The molecule has 0 aliphatic carbocycles. The van der Waals surface area contributed by atoms with E-state index in [1.807, 2.05) is 0 Å². The lowest BCUT2D eigenvalue weighted by molar-refractivity contribution is 0.264. The minimum atomic E-state index is -3.35. The molecule has 0 unspecified atom stereocenters. The van der Waals surface area contributed by atoms with Crippen LogP contribution < -0.4 is 0 Å². The number of aliphatic hydroxyl groups excluding tert-OH is 1. The summed E-state index contributed by atoms with van der Waals surface area (Å²) >= 11 is 0. The van der Waals surface area contributed by atoms with Crippen LogP contribution in [0.2, 0.25) is 0 Å². The highest BCUT2D eigenvalue weighted by molar-refractivity contribution is 7.86. The van der Waals surface area contributed by atoms with Gasteiger partial charge in [-0.25, -0.2) is 0 Å². The van der Waals surface area contributed by atoms with Gasteiger partial charge in [0.1, 0.15) is 0 Å². The summed E-state index contributed by atoms with van der Waals surface area (Å²) in [4.78, 5) is 0. The van der Waals surface area contributed by atoms with Crippen molar-refractivity contribution < 1.29 is 13.5 Å². The Bertz CT molecular complexity index is 352. The predicted octanol–water partition coefficient (Wildman–Crippen LogP) is 1.06. The van der Waals surface area contributed by atoms with Gasteiger partial charge in [-0.3, -0.25) is 0 Å². The maximum absolute atomic E-state index is 12.3. The molecule has 6 heteroatoms. The number of hydrogen-bond donors (Lipinski definition) is 1. The zero-order valence-electron chi connectivity index (χ0n) is 11.7. The normalized spacial score (nSPS) is 20.7. The van der Waals surface area contributed by atoms with Gasteiger partial charge >= 0.3 is 0 Å². The summed E-state index contributed by atoms with van der Waals surface area (Å²) in [7, 11) is -1.76. The van der Waals surface area contributed by atoms with Gasteiger partial charge < -0.3 is 5.11 Å². The third-order valence-electron chi connectivity index (χ3n) is 4.25. The summed E-state index contributed by atoms with van der Waals surface area (Å²) in [6.45, 7) is 5.91. The van der Waals surface area contributed by atoms with Crippen molar-refractivity contribution in [1.29, 1.82) is 0 Å². The molecular weight excluding hydrogens is 252 g/mol. The molecule has 1 aliphatic heterocycles. The molecule has 1 aliphatic rings. The molecule has 0 saturated carbocycles. The monoisotopic (exact) mass is 278 g/mol. The van der Waals surface area contributed by atoms with Crippen LogP contribution in [0.3, 0.4) is 0 Å². The lowest BCUT2D eigenvalue weighted by Gasteiger charge is -2.28. The van der Waals surface area contributed by atoms with Crippen molar-refractivity contribution in [3.05, 3.63) is 0 Å². The molecule has 0 spiro atoms. The quantitative estimate of drug-likeness (QED) is 0.757. The van der Waals surface area contributed by atoms with Crippen LogP contribution in [-0.2, 0) is 10.2 Å².